The van der Waals surface area contributed by atoms with Crippen LogP contribution >= 0.6 is 11.8 Å². The lowest BCUT2D eigenvalue weighted by molar-refractivity contribution is 0.627. The molecule has 0 spiro atoms. The molecule has 2 aromatic rings. The van der Waals surface area contributed by atoms with Crippen LogP contribution in [0.1, 0.15) is 49.0 Å². The van der Waals surface area contributed by atoms with Crippen LogP contribution in [0.4, 0.5) is 0 Å². The molecule has 0 atom stereocenters. The maximum atomic E-state index is 5.71. The van der Waals surface area contributed by atoms with E-state index in [0.29, 0.717) is 18.5 Å². The van der Waals surface area contributed by atoms with Crippen molar-refractivity contribution in [2.45, 2.75) is 54.2 Å². The monoisotopic (exact) mass is 286 g/mol. The van der Waals surface area contributed by atoms with E-state index in [4.69, 9.17) is 5.73 Å². The van der Waals surface area contributed by atoms with Gasteiger partial charge < -0.3 is 10.3 Å². The molecule has 104 valence electrons. The summed E-state index contributed by atoms with van der Waals surface area (Å²) in [5, 5.41) is 9.92. The first kappa shape index (κ1) is 12.4. The molecular weight excluding hydrogens is 268 g/mol. The lowest BCUT2D eigenvalue weighted by Crippen LogP contribution is -2.01. The van der Waals surface area contributed by atoms with Crippen LogP contribution in [0, 0.1) is 0 Å². The molecular formula is C15H18N4S. The Bertz CT molecular complexity index is 629. The lowest BCUT2D eigenvalue weighted by atomic mass is 10.2. The van der Waals surface area contributed by atoms with Crippen LogP contribution in [0.2, 0.25) is 0 Å². The predicted octanol–water partition coefficient (Wildman–Crippen LogP) is 3.10. The van der Waals surface area contributed by atoms with E-state index in [1.807, 2.05) is 0 Å². The summed E-state index contributed by atoms with van der Waals surface area (Å²) in [7, 11) is 0. The second-order valence-corrected chi connectivity index (χ2v) is 6.71. The number of hydrogen-bond donors (Lipinski definition) is 1. The van der Waals surface area contributed by atoms with E-state index in [1.165, 1.54) is 36.4 Å². The van der Waals surface area contributed by atoms with Crippen LogP contribution in [0.25, 0.3) is 0 Å². The number of nitrogens with zero attached hydrogens (tertiary/aromatic N) is 3. The van der Waals surface area contributed by atoms with E-state index in [1.54, 1.807) is 11.8 Å². The molecule has 0 amide bonds. The maximum absolute atomic E-state index is 5.71. The molecule has 2 aliphatic rings. The average Bonchev–Trinajstić information content (AvgIpc) is 3.38. The molecule has 2 N–H and O–H groups in total. The number of hydrogen-bond acceptors (Lipinski definition) is 4. The first-order chi connectivity index (χ1) is 9.85. The topological polar surface area (TPSA) is 56.7 Å². The van der Waals surface area contributed by atoms with Crippen LogP contribution in [0.15, 0.2) is 34.3 Å². The van der Waals surface area contributed by atoms with Gasteiger partial charge >= 0.3 is 0 Å². The van der Waals surface area contributed by atoms with Gasteiger partial charge in [-0.05, 0) is 55.1 Å². The van der Waals surface area contributed by atoms with Crippen molar-refractivity contribution in [1.29, 1.82) is 0 Å². The minimum atomic E-state index is 0.580. The molecule has 0 unspecified atom stereocenters. The van der Waals surface area contributed by atoms with Gasteiger partial charge in [-0.25, -0.2) is 0 Å². The summed E-state index contributed by atoms with van der Waals surface area (Å²) in [5.74, 6) is 1.87. The van der Waals surface area contributed by atoms with E-state index in [0.717, 1.165) is 10.7 Å². The van der Waals surface area contributed by atoms with Crippen LogP contribution in [0.3, 0.4) is 0 Å². The van der Waals surface area contributed by atoms with Gasteiger partial charge in [-0.3, -0.25) is 0 Å². The third-order valence-electron chi connectivity index (χ3n) is 3.89. The Labute approximate surface area is 122 Å². The Hall–Kier alpha value is -1.33. The Morgan fingerprint density at radius 1 is 1.20 bits per heavy atom. The van der Waals surface area contributed by atoms with Crippen molar-refractivity contribution in [3.63, 3.8) is 0 Å². The average molecular weight is 286 g/mol. The molecule has 2 aliphatic carbocycles. The van der Waals surface area contributed by atoms with Gasteiger partial charge in [-0.1, -0.05) is 12.1 Å². The molecule has 0 aliphatic heterocycles. The molecule has 0 saturated heterocycles. The maximum Gasteiger partial charge on any atom is 0.196 e. The molecule has 20 heavy (non-hydrogen) atoms. The van der Waals surface area contributed by atoms with Gasteiger partial charge in [0.15, 0.2) is 5.16 Å². The van der Waals surface area contributed by atoms with E-state index in [9.17, 15) is 0 Å². The fourth-order valence-corrected chi connectivity index (χ4v) is 3.49. The molecule has 4 nitrogen and oxygen atoms in total. The first-order valence-corrected chi connectivity index (χ1v) is 8.08. The van der Waals surface area contributed by atoms with Gasteiger partial charge in [0.2, 0.25) is 0 Å². The Morgan fingerprint density at radius 2 is 2.05 bits per heavy atom. The summed E-state index contributed by atoms with van der Waals surface area (Å²) >= 11 is 1.71. The minimum Gasteiger partial charge on any atom is -0.326 e. The fourth-order valence-electron chi connectivity index (χ4n) is 2.50. The fraction of sp³-hybridized carbons (Fsp3) is 0.467. The standard InChI is InChI=1S/C15H18N4S/c16-9-10-2-1-3-13(8-10)20-15-18-17-14(11-4-5-11)19(15)12-6-7-12/h1-3,8,11-12H,4-7,9,16H2. The van der Waals surface area contributed by atoms with Crippen molar-refractivity contribution in [3.8, 4) is 0 Å². The molecule has 4 rings (SSSR count). The highest BCUT2D eigenvalue weighted by Gasteiger charge is 2.36. The van der Waals surface area contributed by atoms with Gasteiger partial charge in [0.05, 0.1) is 0 Å². The SMILES string of the molecule is NCc1cccc(Sc2nnc(C3CC3)n2C2CC2)c1. The molecule has 1 heterocycles. The summed E-state index contributed by atoms with van der Waals surface area (Å²) in [6, 6.07) is 9.02. The van der Waals surface area contributed by atoms with Crippen LogP contribution in [-0.2, 0) is 6.54 Å². The van der Waals surface area contributed by atoms with Crippen molar-refractivity contribution in [2.75, 3.05) is 0 Å². The quantitative estimate of drug-likeness (QED) is 0.917. The van der Waals surface area contributed by atoms with Crippen molar-refractivity contribution in [3.05, 3.63) is 35.7 Å². The third kappa shape index (κ3) is 2.36. The molecule has 2 saturated carbocycles. The van der Waals surface area contributed by atoms with Crippen molar-refractivity contribution < 1.29 is 0 Å². The van der Waals surface area contributed by atoms with Crippen LogP contribution in [-0.4, -0.2) is 14.8 Å². The molecule has 1 aromatic heterocycles. The highest BCUT2D eigenvalue weighted by atomic mass is 32.2. The Morgan fingerprint density at radius 3 is 2.75 bits per heavy atom. The van der Waals surface area contributed by atoms with Crippen molar-refractivity contribution >= 4 is 11.8 Å². The van der Waals surface area contributed by atoms with E-state index in [2.05, 4.69) is 39.0 Å². The van der Waals surface area contributed by atoms with Gasteiger partial charge in [0.1, 0.15) is 5.82 Å². The largest absolute Gasteiger partial charge is 0.326 e. The van der Waals surface area contributed by atoms with E-state index < -0.39 is 0 Å². The number of rotatable bonds is 5. The normalized spacial score (nSPS) is 18.4. The molecule has 0 bridgehead atoms. The predicted molar refractivity (Wildman–Crippen MR) is 78.7 cm³/mol. The summed E-state index contributed by atoms with van der Waals surface area (Å²) < 4.78 is 2.39. The Kier molecular flexibility index (Phi) is 3.04. The smallest absolute Gasteiger partial charge is 0.196 e. The van der Waals surface area contributed by atoms with Crippen molar-refractivity contribution in [2.24, 2.45) is 5.73 Å². The second kappa shape index (κ2) is 4.90. The van der Waals surface area contributed by atoms with Gasteiger partial charge in [-0.2, -0.15) is 0 Å². The van der Waals surface area contributed by atoms with Crippen LogP contribution in [0.5, 0.6) is 0 Å². The van der Waals surface area contributed by atoms with Gasteiger partial charge in [0.25, 0.3) is 0 Å². The Balaban J connectivity index is 1.64. The van der Waals surface area contributed by atoms with E-state index >= 15 is 0 Å². The first-order valence-electron chi connectivity index (χ1n) is 7.27. The summed E-state index contributed by atoms with van der Waals surface area (Å²) in [6.45, 7) is 0.580. The molecule has 1 aromatic carbocycles. The molecule has 5 heteroatoms. The van der Waals surface area contributed by atoms with E-state index in [-0.39, 0.29) is 0 Å². The summed E-state index contributed by atoms with van der Waals surface area (Å²) in [6.07, 6.45) is 5.10. The highest BCUT2D eigenvalue weighted by Crippen LogP contribution is 2.46. The third-order valence-corrected chi connectivity index (χ3v) is 4.84. The zero-order valence-electron chi connectivity index (χ0n) is 11.3. The second-order valence-electron chi connectivity index (χ2n) is 5.67. The summed E-state index contributed by atoms with van der Waals surface area (Å²) in [4.78, 5) is 1.20. The minimum absolute atomic E-state index is 0.580. The van der Waals surface area contributed by atoms with Crippen LogP contribution < -0.4 is 5.73 Å². The number of aromatic nitrogens is 3. The number of nitrogens with two attached hydrogens (primary N) is 1. The zero-order chi connectivity index (χ0) is 13.5. The lowest BCUT2D eigenvalue weighted by Gasteiger charge is -2.08. The number of benzene rings is 1. The zero-order valence-corrected chi connectivity index (χ0v) is 12.1. The highest BCUT2D eigenvalue weighted by molar-refractivity contribution is 7.99. The molecule has 2 fully saturated rings. The van der Waals surface area contributed by atoms with Crippen molar-refractivity contribution in [1.82, 2.24) is 14.8 Å². The van der Waals surface area contributed by atoms with Gasteiger partial charge in [0, 0.05) is 23.4 Å². The molecule has 0 radical (unpaired) electrons. The van der Waals surface area contributed by atoms with Gasteiger partial charge in [-0.15, -0.1) is 10.2 Å². The summed E-state index contributed by atoms with van der Waals surface area (Å²) in [5.41, 5.74) is 6.87.